The molecule has 0 bridgehead atoms. The standard InChI is InChI=1S/C23H19N3O2/c1-2-28-22-14-13-21(25-26-22)17-9-5-10-18(15-17)24-23(27)20-12-6-8-16-7-3-4-11-19(16)20/h3-15H,2H2,1H3,(H,24,27). The number of carbonyl (C=O) groups is 1. The molecular weight excluding hydrogens is 350 g/mol. The van der Waals surface area contributed by atoms with Crippen LogP contribution in [-0.2, 0) is 0 Å². The lowest BCUT2D eigenvalue weighted by Crippen LogP contribution is -2.12. The summed E-state index contributed by atoms with van der Waals surface area (Å²) in [5.41, 5.74) is 2.92. The Labute approximate surface area is 163 Å². The molecule has 0 unspecified atom stereocenters. The maximum atomic E-state index is 12.8. The van der Waals surface area contributed by atoms with E-state index in [4.69, 9.17) is 4.74 Å². The van der Waals surface area contributed by atoms with Crippen molar-refractivity contribution in [1.29, 1.82) is 0 Å². The third-order valence-electron chi connectivity index (χ3n) is 4.38. The molecule has 3 aromatic carbocycles. The molecule has 0 aliphatic rings. The summed E-state index contributed by atoms with van der Waals surface area (Å²) in [6.07, 6.45) is 0. The highest BCUT2D eigenvalue weighted by molar-refractivity contribution is 6.13. The lowest BCUT2D eigenvalue weighted by molar-refractivity contribution is 0.102. The minimum Gasteiger partial charge on any atom is -0.477 e. The van der Waals surface area contributed by atoms with E-state index in [-0.39, 0.29) is 5.91 Å². The molecule has 0 atom stereocenters. The van der Waals surface area contributed by atoms with Crippen LogP contribution in [0.1, 0.15) is 17.3 Å². The number of ether oxygens (including phenoxy) is 1. The van der Waals surface area contributed by atoms with Crippen molar-refractivity contribution < 1.29 is 9.53 Å². The van der Waals surface area contributed by atoms with Crippen LogP contribution in [0.25, 0.3) is 22.0 Å². The Bertz CT molecular complexity index is 1120. The van der Waals surface area contributed by atoms with E-state index in [9.17, 15) is 4.79 Å². The minimum atomic E-state index is -0.147. The molecule has 5 heteroatoms. The number of nitrogens with zero attached hydrogens (tertiary/aromatic N) is 2. The number of amides is 1. The molecule has 138 valence electrons. The second-order valence-corrected chi connectivity index (χ2v) is 6.25. The number of rotatable bonds is 5. The van der Waals surface area contributed by atoms with Crippen molar-refractivity contribution in [3.05, 3.63) is 84.4 Å². The van der Waals surface area contributed by atoms with Crippen LogP contribution in [0.4, 0.5) is 5.69 Å². The van der Waals surface area contributed by atoms with Crippen LogP contribution in [0.3, 0.4) is 0 Å². The molecule has 0 radical (unpaired) electrons. The molecule has 1 N–H and O–H groups in total. The summed E-state index contributed by atoms with van der Waals surface area (Å²) in [5.74, 6) is 0.346. The van der Waals surface area contributed by atoms with Gasteiger partial charge < -0.3 is 10.1 Å². The predicted molar refractivity (Wildman–Crippen MR) is 111 cm³/mol. The molecular formula is C23H19N3O2. The van der Waals surface area contributed by atoms with E-state index in [2.05, 4.69) is 15.5 Å². The third kappa shape index (κ3) is 3.69. The normalized spacial score (nSPS) is 10.6. The molecule has 0 fully saturated rings. The van der Waals surface area contributed by atoms with E-state index in [1.54, 1.807) is 6.07 Å². The van der Waals surface area contributed by atoms with Gasteiger partial charge in [0.15, 0.2) is 0 Å². The number of hydrogen-bond acceptors (Lipinski definition) is 4. The van der Waals surface area contributed by atoms with E-state index in [0.717, 1.165) is 16.3 Å². The lowest BCUT2D eigenvalue weighted by Gasteiger charge is -2.09. The highest BCUT2D eigenvalue weighted by Crippen LogP contribution is 2.23. The SMILES string of the molecule is CCOc1ccc(-c2cccc(NC(=O)c3cccc4ccccc34)c2)nn1. The lowest BCUT2D eigenvalue weighted by atomic mass is 10.0. The second kappa shape index (κ2) is 7.88. The summed E-state index contributed by atoms with van der Waals surface area (Å²) >= 11 is 0. The largest absolute Gasteiger partial charge is 0.477 e. The van der Waals surface area contributed by atoms with Gasteiger partial charge >= 0.3 is 0 Å². The van der Waals surface area contributed by atoms with Crippen molar-refractivity contribution in [2.45, 2.75) is 6.92 Å². The molecule has 1 amide bonds. The number of carbonyl (C=O) groups excluding carboxylic acids is 1. The van der Waals surface area contributed by atoms with Crippen LogP contribution in [0.15, 0.2) is 78.9 Å². The van der Waals surface area contributed by atoms with E-state index in [1.165, 1.54) is 0 Å². The predicted octanol–water partition coefficient (Wildman–Crippen LogP) is 4.95. The van der Waals surface area contributed by atoms with E-state index in [0.29, 0.717) is 29.4 Å². The molecule has 1 aromatic heterocycles. The van der Waals surface area contributed by atoms with Crippen LogP contribution in [0.5, 0.6) is 5.88 Å². The molecule has 0 saturated heterocycles. The fourth-order valence-corrected chi connectivity index (χ4v) is 3.08. The van der Waals surface area contributed by atoms with Gasteiger partial charge in [0, 0.05) is 22.9 Å². The van der Waals surface area contributed by atoms with Crippen LogP contribution in [0, 0.1) is 0 Å². The fourth-order valence-electron chi connectivity index (χ4n) is 3.08. The van der Waals surface area contributed by atoms with Gasteiger partial charge in [-0.1, -0.05) is 48.5 Å². The minimum absolute atomic E-state index is 0.147. The van der Waals surface area contributed by atoms with Crippen molar-refractivity contribution in [2.24, 2.45) is 0 Å². The maximum Gasteiger partial charge on any atom is 0.256 e. The van der Waals surface area contributed by atoms with Gasteiger partial charge in [-0.3, -0.25) is 4.79 Å². The average molecular weight is 369 g/mol. The Balaban J connectivity index is 1.58. The first kappa shape index (κ1) is 17.7. The highest BCUT2D eigenvalue weighted by Gasteiger charge is 2.11. The van der Waals surface area contributed by atoms with Crippen molar-refractivity contribution in [3.63, 3.8) is 0 Å². The number of hydrogen-bond donors (Lipinski definition) is 1. The number of anilines is 1. The van der Waals surface area contributed by atoms with E-state index < -0.39 is 0 Å². The first-order valence-electron chi connectivity index (χ1n) is 9.10. The Kier molecular flexibility index (Phi) is 4.97. The number of benzene rings is 3. The Hall–Kier alpha value is -3.73. The zero-order valence-corrected chi connectivity index (χ0v) is 15.4. The summed E-state index contributed by atoms with van der Waals surface area (Å²) in [7, 11) is 0. The average Bonchev–Trinajstić information content (AvgIpc) is 2.74. The molecule has 0 aliphatic carbocycles. The molecule has 0 spiro atoms. The Morgan fingerprint density at radius 1 is 0.929 bits per heavy atom. The molecule has 28 heavy (non-hydrogen) atoms. The second-order valence-electron chi connectivity index (χ2n) is 6.25. The summed E-state index contributed by atoms with van der Waals surface area (Å²) in [6.45, 7) is 2.45. The number of aromatic nitrogens is 2. The van der Waals surface area contributed by atoms with Crippen molar-refractivity contribution >= 4 is 22.4 Å². The van der Waals surface area contributed by atoms with Gasteiger partial charge in [-0.2, -0.15) is 0 Å². The van der Waals surface area contributed by atoms with Gasteiger partial charge in [-0.05, 0) is 42.0 Å². The van der Waals surface area contributed by atoms with Gasteiger partial charge in [-0.15, -0.1) is 10.2 Å². The van der Waals surface area contributed by atoms with Gasteiger partial charge in [0.2, 0.25) is 5.88 Å². The van der Waals surface area contributed by atoms with Gasteiger partial charge in [0.1, 0.15) is 0 Å². The smallest absolute Gasteiger partial charge is 0.256 e. The molecule has 4 rings (SSSR count). The van der Waals surface area contributed by atoms with E-state index in [1.807, 2.05) is 79.7 Å². The molecule has 0 saturated carbocycles. The van der Waals surface area contributed by atoms with Crippen molar-refractivity contribution in [1.82, 2.24) is 10.2 Å². The highest BCUT2D eigenvalue weighted by atomic mass is 16.5. The first-order valence-corrected chi connectivity index (χ1v) is 9.10. The van der Waals surface area contributed by atoms with Crippen molar-refractivity contribution in [2.75, 3.05) is 11.9 Å². The summed E-state index contributed by atoms with van der Waals surface area (Å²) in [4.78, 5) is 12.8. The Morgan fingerprint density at radius 3 is 2.57 bits per heavy atom. The topological polar surface area (TPSA) is 64.1 Å². The zero-order valence-electron chi connectivity index (χ0n) is 15.4. The zero-order chi connectivity index (χ0) is 19.3. The summed E-state index contributed by atoms with van der Waals surface area (Å²) < 4.78 is 5.33. The quantitative estimate of drug-likeness (QED) is 0.541. The van der Waals surface area contributed by atoms with E-state index >= 15 is 0 Å². The molecule has 0 aliphatic heterocycles. The molecule has 5 nitrogen and oxygen atoms in total. The van der Waals surface area contributed by atoms with Crippen LogP contribution in [-0.4, -0.2) is 22.7 Å². The Morgan fingerprint density at radius 2 is 1.75 bits per heavy atom. The monoisotopic (exact) mass is 369 g/mol. The van der Waals surface area contributed by atoms with Gasteiger partial charge in [0.05, 0.1) is 12.3 Å². The number of fused-ring (bicyclic) bond motifs is 1. The van der Waals surface area contributed by atoms with Crippen LogP contribution in [0.2, 0.25) is 0 Å². The van der Waals surface area contributed by atoms with Gasteiger partial charge in [-0.25, -0.2) is 0 Å². The molecule has 1 heterocycles. The summed E-state index contributed by atoms with van der Waals surface area (Å²) in [6, 6.07) is 24.8. The van der Waals surface area contributed by atoms with Crippen LogP contribution < -0.4 is 10.1 Å². The van der Waals surface area contributed by atoms with Crippen molar-refractivity contribution in [3.8, 4) is 17.1 Å². The molecule has 4 aromatic rings. The third-order valence-corrected chi connectivity index (χ3v) is 4.38. The van der Waals surface area contributed by atoms with Gasteiger partial charge in [0.25, 0.3) is 5.91 Å². The summed E-state index contributed by atoms with van der Waals surface area (Å²) in [5, 5.41) is 13.2. The van der Waals surface area contributed by atoms with Crippen LogP contribution >= 0.6 is 0 Å². The fraction of sp³-hybridized carbons (Fsp3) is 0.0870. The maximum absolute atomic E-state index is 12.8. The first-order chi connectivity index (χ1) is 13.7. The number of nitrogens with one attached hydrogen (secondary N) is 1.